The van der Waals surface area contributed by atoms with Crippen molar-refractivity contribution in [3.05, 3.63) is 35.4 Å². The summed E-state index contributed by atoms with van der Waals surface area (Å²) in [5.41, 5.74) is 2.75. The van der Waals surface area contributed by atoms with Gasteiger partial charge in [-0.15, -0.1) is 0 Å². The zero-order chi connectivity index (χ0) is 12.0. The van der Waals surface area contributed by atoms with E-state index in [4.69, 9.17) is 0 Å². The lowest BCUT2D eigenvalue weighted by molar-refractivity contribution is 0.470. The third-order valence-electron chi connectivity index (χ3n) is 3.00. The van der Waals surface area contributed by atoms with Gasteiger partial charge in [-0.1, -0.05) is 50.6 Å². The summed E-state index contributed by atoms with van der Waals surface area (Å²) in [5.74, 6) is 0.781. The molecule has 0 amide bonds. The first-order valence-electron chi connectivity index (χ1n) is 6.43. The molecule has 1 aromatic rings. The topological polar surface area (TPSA) is 12.0 Å². The highest BCUT2D eigenvalue weighted by Crippen LogP contribution is 2.17. The summed E-state index contributed by atoms with van der Waals surface area (Å²) < 4.78 is 0. The van der Waals surface area contributed by atoms with Crippen molar-refractivity contribution in [2.45, 2.75) is 46.6 Å². The molecule has 0 radical (unpaired) electrons. The molecule has 1 heteroatoms. The minimum Gasteiger partial charge on any atom is -0.310 e. The zero-order valence-electron chi connectivity index (χ0n) is 11.1. The van der Waals surface area contributed by atoms with Crippen molar-refractivity contribution in [3.8, 4) is 0 Å². The van der Waals surface area contributed by atoms with E-state index in [1.807, 2.05) is 0 Å². The summed E-state index contributed by atoms with van der Waals surface area (Å²) in [6.07, 6.45) is 2.41. The van der Waals surface area contributed by atoms with Gasteiger partial charge < -0.3 is 5.32 Å². The fourth-order valence-electron chi connectivity index (χ4n) is 1.84. The molecule has 1 rings (SSSR count). The zero-order valence-corrected chi connectivity index (χ0v) is 11.1. The summed E-state index contributed by atoms with van der Waals surface area (Å²) >= 11 is 0. The van der Waals surface area contributed by atoms with Crippen LogP contribution in [0.1, 0.15) is 50.8 Å². The van der Waals surface area contributed by atoms with E-state index in [9.17, 15) is 0 Å². The molecular weight excluding hydrogens is 194 g/mol. The number of benzene rings is 1. The minimum atomic E-state index is 0.513. The number of nitrogens with one attached hydrogen (secondary N) is 1. The Morgan fingerprint density at radius 2 is 1.75 bits per heavy atom. The molecule has 0 heterocycles. The third kappa shape index (κ3) is 4.36. The summed E-state index contributed by atoms with van der Waals surface area (Å²) in [7, 11) is 0. The SMILES string of the molecule is CCC(NCCC(C)C)c1ccc(C)cc1. The normalized spacial score (nSPS) is 13.1. The van der Waals surface area contributed by atoms with Crippen LogP contribution in [0.3, 0.4) is 0 Å². The van der Waals surface area contributed by atoms with E-state index in [0.29, 0.717) is 6.04 Å². The van der Waals surface area contributed by atoms with Gasteiger partial charge in [0.2, 0.25) is 0 Å². The molecule has 1 N–H and O–H groups in total. The van der Waals surface area contributed by atoms with E-state index in [1.165, 1.54) is 17.5 Å². The van der Waals surface area contributed by atoms with E-state index < -0.39 is 0 Å². The molecule has 0 aliphatic heterocycles. The van der Waals surface area contributed by atoms with Crippen LogP contribution in [0, 0.1) is 12.8 Å². The van der Waals surface area contributed by atoms with Gasteiger partial charge in [-0.25, -0.2) is 0 Å². The maximum Gasteiger partial charge on any atom is 0.0317 e. The molecule has 1 atom stereocenters. The van der Waals surface area contributed by atoms with Crippen molar-refractivity contribution < 1.29 is 0 Å². The van der Waals surface area contributed by atoms with E-state index in [0.717, 1.165) is 18.9 Å². The monoisotopic (exact) mass is 219 g/mol. The highest BCUT2D eigenvalue weighted by Gasteiger charge is 2.07. The van der Waals surface area contributed by atoms with Gasteiger partial charge in [0.05, 0.1) is 0 Å². The fourth-order valence-corrected chi connectivity index (χ4v) is 1.84. The van der Waals surface area contributed by atoms with Gasteiger partial charge in [-0.05, 0) is 37.8 Å². The van der Waals surface area contributed by atoms with Crippen molar-refractivity contribution in [1.29, 1.82) is 0 Å². The smallest absolute Gasteiger partial charge is 0.0317 e. The highest BCUT2D eigenvalue weighted by atomic mass is 14.9. The van der Waals surface area contributed by atoms with Gasteiger partial charge in [0.25, 0.3) is 0 Å². The maximum absolute atomic E-state index is 3.64. The first-order valence-corrected chi connectivity index (χ1v) is 6.43. The van der Waals surface area contributed by atoms with Crippen molar-refractivity contribution in [1.82, 2.24) is 5.32 Å². The number of hydrogen-bond acceptors (Lipinski definition) is 1. The number of aryl methyl sites for hydroxylation is 1. The number of hydrogen-bond donors (Lipinski definition) is 1. The van der Waals surface area contributed by atoms with Crippen LogP contribution in [0.4, 0.5) is 0 Å². The predicted molar refractivity (Wildman–Crippen MR) is 71.7 cm³/mol. The Morgan fingerprint density at radius 3 is 2.25 bits per heavy atom. The Bertz CT molecular complexity index is 287. The van der Waals surface area contributed by atoms with Crippen molar-refractivity contribution >= 4 is 0 Å². The minimum absolute atomic E-state index is 0.513. The second kappa shape index (κ2) is 6.70. The number of rotatable bonds is 6. The lowest BCUT2D eigenvalue weighted by Crippen LogP contribution is -2.22. The van der Waals surface area contributed by atoms with E-state index in [2.05, 4.69) is 57.3 Å². The van der Waals surface area contributed by atoms with E-state index in [-0.39, 0.29) is 0 Å². The van der Waals surface area contributed by atoms with Crippen LogP contribution in [-0.4, -0.2) is 6.54 Å². The molecule has 0 bridgehead atoms. The van der Waals surface area contributed by atoms with Crippen LogP contribution in [-0.2, 0) is 0 Å². The summed E-state index contributed by atoms with van der Waals surface area (Å²) in [4.78, 5) is 0. The van der Waals surface area contributed by atoms with Gasteiger partial charge >= 0.3 is 0 Å². The molecule has 0 saturated heterocycles. The largest absolute Gasteiger partial charge is 0.310 e. The summed E-state index contributed by atoms with van der Waals surface area (Å²) in [6.45, 7) is 10.0. The van der Waals surface area contributed by atoms with Crippen LogP contribution in [0.25, 0.3) is 0 Å². The highest BCUT2D eigenvalue weighted by molar-refractivity contribution is 5.23. The Balaban J connectivity index is 2.50. The van der Waals surface area contributed by atoms with Gasteiger partial charge in [0.15, 0.2) is 0 Å². The van der Waals surface area contributed by atoms with Gasteiger partial charge in [0, 0.05) is 6.04 Å². The molecule has 0 aromatic heterocycles. The Kier molecular flexibility index (Phi) is 5.54. The summed E-state index contributed by atoms with van der Waals surface area (Å²) in [5, 5.41) is 3.64. The Labute approximate surface area is 100 Å². The molecule has 90 valence electrons. The lowest BCUT2D eigenvalue weighted by atomic mass is 10.0. The summed E-state index contributed by atoms with van der Waals surface area (Å²) in [6, 6.07) is 9.39. The van der Waals surface area contributed by atoms with Crippen LogP contribution in [0.2, 0.25) is 0 Å². The van der Waals surface area contributed by atoms with Crippen LogP contribution >= 0.6 is 0 Å². The van der Waals surface area contributed by atoms with Crippen LogP contribution in [0.5, 0.6) is 0 Å². The van der Waals surface area contributed by atoms with E-state index >= 15 is 0 Å². The second-order valence-electron chi connectivity index (χ2n) is 5.01. The molecule has 16 heavy (non-hydrogen) atoms. The molecule has 1 unspecified atom stereocenters. The molecule has 0 aliphatic rings. The fraction of sp³-hybridized carbons (Fsp3) is 0.600. The average Bonchev–Trinajstić information content (AvgIpc) is 2.26. The molecule has 0 aliphatic carbocycles. The lowest BCUT2D eigenvalue weighted by Gasteiger charge is -2.18. The Hall–Kier alpha value is -0.820. The predicted octanol–water partition coefficient (Wildman–Crippen LogP) is 4.08. The van der Waals surface area contributed by atoms with Gasteiger partial charge in [0.1, 0.15) is 0 Å². The second-order valence-corrected chi connectivity index (χ2v) is 5.01. The van der Waals surface area contributed by atoms with Crippen LogP contribution in [0.15, 0.2) is 24.3 Å². The molecule has 0 fully saturated rings. The Morgan fingerprint density at radius 1 is 1.12 bits per heavy atom. The van der Waals surface area contributed by atoms with Crippen molar-refractivity contribution in [2.24, 2.45) is 5.92 Å². The van der Waals surface area contributed by atoms with E-state index in [1.54, 1.807) is 0 Å². The first-order chi connectivity index (χ1) is 7.63. The third-order valence-corrected chi connectivity index (χ3v) is 3.00. The van der Waals surface area contributed by atoms with Crippen LogP contribution < -0.4 is 5.32 Å². The standard InChI is InChI=1S/C15H25N/c1-5-15(16-11-10-12(2)3)14-8-6-13(4)7-9-14/h6-9,12,15-16H,5,10-11H2,1-4H3. The van der Waals surface area contributed by atoms with Crippen molar-refractivity contribution in [3.63, 3.8) is 0 Å². The van der Waals surface area contributed by atoms with Gasteiger partial charge in [-0.3, -0.25) is 0 Å². The molecule has 1 aromatic carbocycles. The quantitative estimate of drug-likeness (QED) is 0.760. The van der Waals surface area contributed by atoms with Gasteiger partial charge in [-0.2, -0.15) is 0 Å². The average molecular weight is 219 g/mol. The molecule has 0 spiro atoms. The molecule has 0 saturated carbocycles. The first kappa shape index (κ1) is 13.2. The van der Waals surface area contributed by atoms with Crippen molar-refractivity contribution in [2.75, 3.05) is 6.54 Å². The molecule has 1 nitrogen and oxygen atoms in total. The maximum atomic E-state index is 3.64. The molecular formula is C15H25N.